The van der Waals surface area contributed by atoms with Crippen LogP contribution in [0, 0.1) is 0 Å². The Labute approximate surface area is 185 Å². The quantitative estimate of drug-likeness (QED) is 0.435. The fourth-order valence-corrected chi connectivity index (χ4v) is 5.13. The number of aliphatic hydroxyl groups is 1. The lowest BCUT2D eigenvalue weighted by molar-refractivity contribution is 0.0594. The van der Waals surface area contributed by atoms with Crippen LogP contribution in [0.25, 0.3) is 21.5 Å². The number of nitrogens with zero attached hydrogens (tertiary/aromatic N) is 2. The Kier molecular flexibility index (Phi) is 6.02. The largest absolute Gasteiger partial charge is 0.491 e. The minimum atomic E-state index is -0.520. The van der Waals surface area contributed by atoms with E-state index in [2.05, 4.69) is 40.4 Å². The van der Waals surface area contributed by atoms with Crippen LogP contribution in [0.5, 0.6) is 5.75 Å². The van der Waals surface area contributed by atoms with E-state index in [1.807, 2.05) is 35.7 Å². The van der Waals surface area contributed by atoms with Crippen LogP contribution in [0.1, 0.15) is 24.3 Å². The van der Waals surface area contributed by atoms with Gasteiger partial charge in [-0.1, -0.05) is 47.6 Å². The summed E-state index contributed by atoms with van der Waals surface area (Å²) in [6.07, 6.45) is 1.75. The van der Waals surface area contributed by atoms with E-state index in [0.717, 1.165) is 53.2 Å². The first-order valence-electron chi connectivity index (χ1n) is 10.8. The number of β-amino-alcohol motifs (C(OH)–C–C–N with tert-alkyl or cyclic N) is 1. The van der Waals surface area contributed by atoms with Crippen LogP contribution in [0.2, 0.25) is 0 Å². The molecule has 3 heterocycles. The summed E-state index contributed by atoms with van der Waals surface area (Å²) in [6, 6.07) is 20.5. The third-order valence-corrected chi connectivity index (χ3v) is 6.86. The maximum atomic E-state index is 10.5. The van der Waals surface area contributed by atoms with Gasteiger partial charge in [-0.05, 0) is 61.0 Å². The van der Waals surface area contributed by atoms with E-state index < -0.39 is 6.10 Å². The Morgan fingerprint density at radius 2 is 1.94 bits per heavy atom. The second-order valence-electron chi connectivity index (χ2n) is 8.12. The summed E-state index contributed by atoms with van der Waals surface area (Å²) in [5.41, 5.74) is 4.02. The minimum absolute atomic E-state index is 0.273. The molecule has 5 nitrogen and oxygen atoms in total. The van der Waals surface area contributed by atoms with Crippen LogP contribution in [0.4, 0.5) is 0 Å². The number of aliphatic hydroxyl groups excluding tert-OH is 1. The topological polar surface area (TPSA) is 58.7 Å². The first-order chi connectivity index (χ1) is 15.3. The molecule has 0 radical (unpaired) electrons. The SMILES string of the molecule is O[C@@H](COc1cccc(-c2noc3ccsc23)c1)CN1CCC(c2ccccc2)CC1. The van der Waals surface area contributed by atoms with E-state index in [0.29, 0.717) is 12.5 Å². The van der Waals surface area contributed by atoms with Gasteiger partial charge in [0.1, 0.15) is 28.9 Å². The predicted octanol–water partition coefficient (Wildman–Crippen LogP) is 5.18. The van der Waals surface area contributed by atoms with Crippen LogP contribution >= 0.6 is 11.3 Å². The van der Waals surface area contributed by atoms with Gasteiger partial charge >= 0.3 is 0 Å². The van der Waals surface area contributed by atoms with Gasteiger partial charge in [0.25, 0.3) is 0 Å². The summed E-state index contributed by atoms with van der Waals surface area (Å²) in [7, 11) is 0. The van der Waals surface area contributed by atoms with Crippen LogP contribution < -0.4 is 4.74 Å². The molecule has 31 heavy (non-hydrogen) atoms. The van der Waals surface area contributed by atoms with Gasteiger partial charge in [-0.2, -0.15) is 0 Å². The lowest BCUT2D eigenvalue weighted by Crippen LogP contribution is -2.40. The Morgan fingerprint density at radius 3 is 2.77 bits per heavy atom. The molecular weight excluding hydrogens is 408 g/mol. The molecule has 0 amide bonds. The monoisotopic (exact) mass is 434 g/mol. The average Bonchev–Trinajstić information content (AvgIpc) is 3.43. The summed E-state index contributed by atoms with van der Waals surface area (Å²) in [5, 5.41) is 16.7. The molecule has 6 heteroatoms. The highest BCUT2D eigenvalue weighted by Crippen LogP contribution is 2.33. The molecule has 4 aromatic rings. The van der Waals surface area contributed by atoms with E-state index in [4.69, 9.17) is 9.26 Å². The number of likely N-dealkylation sites (tertiary alicyclic amines) is 1. The number of rotatable bonds is 7. The lowest BCUT2D eigenvalue weighted by Gasteiger charge is -2.33. The van der Waals surface area contributed by atoms with Crippen LogP contribution in [0.15, 0.2) is 70.6 Å². The molecule has 0 bridgehead atoms. The van der Waals surface area contributed by atoms with Gasteiger partial charge in [-0.25, -0.2) is 0 Å². The number of piperidine rings is 1. The Bertz CT molecular complexity index is 1120. The van der Waals surface area contributed by atoms with Crippen molar-refractivity contribution >= 4 is 21.6 Å². The van der Waals surface area contributed by atoms with Gasteiger partial charge in [0, 0.05) is 12.1 Å². The highest BCUT2D eigenvalue weighted by atomic mass is 32.1. The van der Waals surface area contributed by atoms with Crippen molar-refractivity contribution in [1.82, 2.24) is 10.1 Å². The standard InChI is InChI=1S/C25H26N2O3S/c28-21(16-27-12-9-19(10-13-27)18-5-2-1-3-6-18)17-29-22-8-4-7-20(15-22)24-25-23(30-26-24)11-14-31-25/h1-8,11,14-15,19,21,28H,9-10,12-13,16-17H2/t21-/m1/s1. The first kappa shape index (κ1) is 20.2. The fraction of sp³-hybridized carbons (Fsp3) is 0.320. The molecule has 1 fully saturated rings. The van der Waals surface area contributed by atoms with Gasteiger partial charge in [0.05, 0.1) is 0 Å². The van der Waals surface area contributed by atoms with Crippen molar-refractivity contribution in [3.63, 3.8) is 0 Å². The number of ether oxygens (including phenoxy) is 1. The van der Waals surface area contributed by atoms with Crippen molar-refractivity contribution in [3.8, 4) is 17.0 Å². The van der Waals surface area contributed by atoms with Crippen molar-refractivity contribution < 1.29 is 14.4 Å². The third kappa shape index (κ3) is 4.66. The molecule has 1 aliphatic heterocycles. The van der Waals surface area contributed by atoms with Gasteiger partial charge < -0.3 is 19.3 Å². The maximum Gasteiger partial charge on any atom is 0.178 e. The molecule has 0 spiro atoms. The Morgan fingerprint density at radius 1 is 1.10 bits per heavy atom. The van der Waals surface area contributed by atoms with Crippen LogP contribution in [-0.4, -0.2) is 47.5 Å². The highest BCUT2D eigenvalue weighted by molar-refractivity contribution is 7.17. The summed E-state index contributed by atoms with van der Waals surface area (Å²) >= 11 is 1.62. The summed E-state index contributed by atoms with van der Waals surface area (Å²) < 4.78 is 12.3. The smallest absolute Gasteiger partial charge is 0.178 e. The van der Waals surface area contributed by atoms with Crippen LogP contribution in [-0.2, 0) is 0 Å². The highest BCUT2D eigenvalue weighted by Gasteiger charge is 2.22. The Balaban J connectivity index is 1.13. The van der Waals surface area contributed by atoms with Crippen molar-refractivity contribution in [2.45, 2.75) is 24.9 Å². The lowest BCUT2D eigenvalue weighted by atomic mass is 9.89. The minimum Gasteiger partial charge on any atom is -0.491 e. The molecule has 0 saturated carbocycles. The van der Waals surface area contributed by atoms with Gasteiger partial charge in [-0.15, -0.1) is 11.3 Å². The second kappa shape index (κ2) is 9.22. The van der Waals surface area contributed by atoms with E-state index in [9.17, 15) is 5.11 Å². The van der Waals surface area contributed by atoms with E-state index in [1.165, 1.54) is 5.56 Å². The molecule has 160 valence electrons. The number of hydrogen-bond acceptors (Lipinski definition) is 6. The van der Waals surface area contributed by atoms with Crippen molar-refractivity contribution in [3.05, 3.63) is 71.6 Å². The van der Waals surface area contributed by atoms with E-state index in [1.54, 1.807) is 11.3 Å². The molecule has 2 aromatic carbocycles. The van der Waals surface area contributed by atoms with Crippen molar-refractivity contribution in [2.75, 3.05) is 26.2 Å². The van der Waals surface area contributed by atoms with E-state index in [-0.39, 0.29) is 6.61 Å². The van der Waals surface area contributed by atoms with Gasteiger partial charge in [0.15, 0.2) is 5.58 Å². The number of fused-ring (bicyclic) bond motifs is 1. The average molecular weight is 435 g/mol. The number of aromatic nitrogens is 1. The molecule has 1 atom stereocenters. The van der Waals surface area contributed by atoms with Gasteiger partial charge in [0.2, 0.25) is 0 Å². The zero-order chi connectivity index (χ0) is 21.0. The molecule has 1 N–H and O–H groups in total. The summed E-state index contributed by atoms with van der Waals surface area (Å²) in [5.74, 6) is 1.35. The van der Waals surface area contributed by atoms with Crippen LogP contribution in [0.3, 0.4) is 0 Å². The zero-order valence-corrected chi connectivity index (χ0v) is 18.1. The van der Waals surface area contributed by atoms with Gasteiger partial charge in [-0.3, -0.25) is 0 Å². The van der Waals surface area contributed by atoms with E-state index >= 15 is 0 Å². The number of hydrogen-bond donors (Lipinski definition) is 1. The molecule has 5 rings (SSSR count). The molecular formula is C25H26N2O3S. The predicted molar refractivity (Wildman–Crippen MR) is 124 cm³/mol. The Hall–Kier alpha value is -2.67. The maximum absolute atomic E-state index is 10.5. The number of thiophene rings is 1. The zero-order valence-electron chi connectivity index (χ0n) is 17.3. The second-order valence-corrected chi connectivity index (χ2v) is 9.04. The number of benzene rings is 2. The van der Waals surface area contributed by atoms with Crippen molar-refractivity contribution in [2.24, 2.45) is 0 Å². The summed E-state index contributed by atoms with van der Waals surface area (Å²) in [4.78, 5) is 2.34. The fourth-order valence-electron chi connectivity index (χ4n) is 4.31. The molecule has 0 aliphatic carbocycles. The normalized spacial score (nSPS) is 16.5. The van der Waals surface area contributed by atoms with Crippen molar-refractivity contribution in [1.29, 1.82) is 0 Å². The summed E-state index contributed by atoms with van der Waals surface area (Å²) in [6.45, 7) is 2.93. The molecule has 2 aromatic heterocycles. The molecule has 1 aliphatic rings. The molecule has 1 saturated heterocycles. The third-order valence-electron chi connectivity index (χ3n) is 5.96. The first-order valence-corrected chi connectivity index (χ1v) is 11.7. The molecule has 0 unspecified atom stereocenters.